The number of aromatic amines is 1. The molecule has 72 valence electrons. The Balaban J connectivity index is 2.82. The molecule has 0 aromatic carbocycles. The minimum absolute atomic E-state index is 0.179. The third-order valence-corrected chi connectivity index (χ3v) is 1.66. The molecule has 1 rings (SSSR count). The van der Waals surface area contributed by atoms with Crippen LogP contribution in [0.5, 0.6) is 0 Å². The Labute approximate surface area is 75.6 Å². The Morgan fingerprint density at radius 3 is 2.69 bits per heavy atom. The fraction of sp³-hybridized carbons (Fsp3) is 0.500. The summed E-state index contributed by atoms with van der Waals surface area (Å²) in [6.07, 6.45) is 0. The molecular weight excluding hydrogens is 170 g/mol. The van der Waals surface area contributed by atoms with Crippen LogP contribution in [0, 0.1) is 0 Å². The highest BCUT2D eigenvalue weighted by atomic mass is 16.1. The van der Waals surface area contributed by atoms with Gasteiger partial charge in [-0.3, -0.25) is 14.7 Å². The number of H-pyrrole nitrogens is 1. The molecule has 0 spiro atoms. The van der Waals surface area contributed by atoms with Gasteiger partial charge in [-0.2, -0.15) is 0 Å². The molecule has 0 atom stereocenters. The topological polar surface area (TPSA) is 58.1 Å². The van der Waals surface area contributed by atoms with Gasteiger partial charge in [0.2, 0.25) is 0 Å². The summed E-state index contributed by atoms with van der Waals surface area (Å²) < 4.78 is 1.31. The number of nitrogens with zero attached hydrogens (tertiary/aromatic N) is 2. The average molecular weight is 183 g/mol. The largest absolute Gasteiger partial charge is 0.308 e. The highest BCUT2D eigenvalue weighted by Crippen LogP contribution is 1.77. The summed E-state index contributed by atoms with van der Waals surface area (Å²) >= 11 is 0. The van der Waals surface area contributed by atoms with Crippen molar-refractivity contribution in [2.45, 2.75) is 6.54 Å². The van der Waals surface area contributed by atoms with Gasteiger partial charge in [-0.15, -0.1) is 0 Å². The van der Waals surface area contributed by atoms with E-state index in [2.05, 4.69) is 5.10 Å². The van der Waals surface area contributed by atoms with E-state index >= 15 is 0 Å². The molecule has 1 aromatic heterocycles. The molecule has 0 unspecified atom stereocenters. The van der Waals surface area contributed by atoms with Crippen molar-refractivity contribution in [2.75, 3.05) is 20.6 Å². The van der Waals surface area contributed by atoms with E-state index in [9.17, 15) is 9.59 Å². The lowest BCUT2D eigenvalue weighted by atomic mass is 10.5. The van der Waals surface area contributed by atoms with Crippen molar-refractivity contribution < 1.29 is 0 Å². The molecule has 1 N–H and O–H groups in total. The quantitative estimate of drug-likeness (QED) is 0.660. The molecular formula is C8H13N3O2. The van der Waals surface area contributed by atoms with E-state index < -0.39 is 0 Å². The summed E-state index contributed by atoms with van der Waals surface area (Å²) in [7, 11) is 3.82. The van der Waals surface area contributed by atoms with E-state index in [1.165, 1.54) is 16.8 Å². The standard InChI is InChI=1S/C8H13N3O2/c1-10(2)5-6-11-8(13)4-3-7(12)9-11/h3-4H,5-6H2,1-2H3,(H,9,12). The minimum Gasteiger partial charge on any atom is -0.308 e. The Bertz CT molecular complexity index is 377. The van der Waals surface area contributed by atoms with Crippen LogP contribution < -0.4 is 11.1 Å². The summed E-state index contributed by atoms with van der Waals surface area (Å²) in [6.45, 7) is 1.22. The predicted octanol–water partition coefficient (Wildman–Crippen LogP) is -0.902. The van der Waals surface area contributed by atoms with Crippen LogP contribution in [0.25, 0.3) is 0 Å². The molecule has 5 heteroatoms. The highest BCUT2D eigenvalue weighted by Gasteiger charge is 1.96. The van der Waals surface area contributed by atoms with Crippen LogP contribution >= 0.6 is 0 Å². The Kier molecular flexibility index (Phi) is 3.02. The summed E-state index contributed by atoms with van der Waals surface area (Å²) in [4.78, 5) is 24.0. The van der Waals surface area contributed by atoms with E-state index in [4.69, 9.17) is 0 Å². The average Bonchev–Trinajstić information content (AvgIpc) is 2.06. The van der Waals surface area contributed by atoms with Crippen molar-refractivity contribution in [3.05, 3.63) is 32.8 Å². The van der Waals surface area contributed by atoms with Crippen LogP contribution in [-0.4, -0.2) is 35.3 Å². The van der Waals surface area contributed by atoms with Crippen LogP contribution in [0.15, 0.2) is 21.7 Å². The molecule has 0 saturated heterocycles. The van der Waals surface area contributed by atoms with Crippen molar-refractivity contribution in [3.63, 3.8) is 0 Å². The zero-order valence-corrected chi connectivity index (χ0v) is 7.78. The molecule has 0 radical (unpaired) electrons. The second kappa shape index (κ2) is 4.04. The first-order valence-electron chi connectivity index (χ1n) is 4.04. The molecule has 0 aliphatic rings. The van der Waals surface area contributed by atoms with Gasteiger partial charge in [0.1, 0.15) is 0 Å². The molecule has 5 nitrogen and oxygen atoms in total. The second-order valence-electron chi connectivity index (χ2n) is 3.10. The fourth-order valence-electron chi connectivity index (χ4n) is 0.928. The zero-order chi connectivity index (χ0) is 9.84. The van der Waals surface area contributed by atoms with Crippen LogP contribution in [0.4, 0.5) is 0 Å². The van der Waals surface area contributed by atoms with Gasteiger partial charge in [-0.25, -0.2) is 4.68 Å². The Hall–Kier alpha value is -1.36. The van der Waals surface area contributed by atoms with Gasteiger partial charge in [0.05, 0.1) is 6.54 Å². The third-order valence-electron chi connectivity index (χ3n) is 1.66. The van der Waals surface area contributed by atoms with Gasteiger partial charge in [-0.05, 0) is 14.1 Å². The number of rotatable bonds is 3. The highest BCUT2D eigenvalue weighted by molar-refractivity contribution is 4.85. The first-order valence-corrected chi connectivity index (χ1v) is 4.04. The molecule has 13 heavy (non-hydrogen) atoms. The number of hydrogen-bond donors (Lipinski definition) is 1. The van der Waals surface area contributed by atoms with Gasteiger partial charge in [0.25, 0.3) is 11.1 Å². The van der Waals surface area contributed by atoms with Gasteiger partial charge in [0.15, 0.2) is 0 Å². The van der Waals surface area contributed by atoms with E-state index in [1.54, 1.807) is 0 Å². The third kappa shape index (κ3) is 2.87. The van der Waals surface area contributed by atoms with Crippen molar-refractivity contribution in [3.8, 4) is 0 Å². The molecule has 0 fully saturated rings. The summed E-state index contributed by atoms with van der Waals surface area (Å²) in [6, 6.07) is 2.50. The Morgan fingerprint density at radius 1 is 1.38 bits per heavy atom. The van der Waals surface area contributed by atoms with Crippen LogP contribution in [0.3, 0.4) is 0 Å². The first kappa shape index (κ1) is 9.73. The van der Waals surface area contributed by atoms with Crippen molar-refractivity contribution in [2.24, 2.45) is 0 Å². The van der Waals surface area contributed by atoms with E-state index in [0.717, 1.165) is 6.54 Å². The van der Waals surface area contributed by atoms with E-state index in [-0.39, 0.29) is 11.1 Å². The maximum Gasteiger partial charge on any atom is 0.265 e. The Morgan fingerprint density at radius 2 is 2.08 bits per heavy atom. The number of likely N-dealkylation sites (N-methyl/N-ethyl adjacent to an activating group) is 1. The monoisotopic (exact) mass is 183 g/mol. The molecule has 0 amide bonds. The van der Waals surface area contributed by atoms with Crippen LogP contribution in [-0.2, 0) is 6.54 Å². The van der Waals surface area contributed by atoms with E-state index in [1.807, 2.05) is 19.0 Å². The zero-order valence-electron chi connectivity index (χ0n) is 7.78. The van der Waals surface area contributed by atoms with Gasteiger partial charge in [0, 0.05) is 18.7 Å². The first-order chi connectivity index (χ1) is 6.09. The lowest BCUT2D eigenvalue weighted by Crippen LogP contribution is -2.31. The predicted molar refractivity (Wildman–Crippen MR) is 49.9 cm³/mol. The van der Waals surface area contributed by atoms with Gasteiger partial charge < -0.3 is 4.90 Å². The minimum atomic E-state index is -0.252. The van der Waals surface area contributed by atoms with Crippen molar-refractivity contribution in [1.29, 1.82) is 0 Å². The normalized spacial score (nSPS) is 10.7. The van der Waals surface area contributed by atoms with Crippen LogP contribution in [0.1, 0.15) is 0 Å². The SMILES string of the molecule is CN(C)CCn1[nH]c(=O)ccc1=O. The molecule has 0 bridgehead atoms. The van der Waals surface area contributed by atoms with Gasteiger partial charge in [-0.1, -0.05) is 0 Å². The molecule has 0 aliphatic carbocycles. The number of nitrogens with one attached hydrogen (secondary N) is 1. The summed E-state index contributed by atoms with van der Waals surface area (Å²) in [5.41, 5.74) is -0.431. The summed E-state index contributed by atoms with van der Waals surface area (Å²) in [5, 5.41) is 2.45. The molecule has 1 heterocycles. The number of hydrogen-bond acceptors (Lipinski definition) is 3. The maximum atomic E-state index is 11.2. The summed E-state index contributed by atoms with van der Waals surface area (Å²) in [5.74, 6) is 0. The lowest BCUT2D eigenvalue weighted by Gasteiger charge is -2.09. The van der Waals surface area contributed by atoms with Crippen LogP contribution in [0.2, 0.25) is 0 Å². The molecule has 0 aliphatic heterocycles. The second-order valence-corrected chi connectivity index (χ2v) is 3.10. The van der Waals surface area contributed by atoms with Crippen molar-refractivity contribution >= 4 is 0 Å². The van der Waals surface area contributed by atoms with E-state index in [0.29, 0.717) is 6.54 Å². The smallest absolute Gasteiger partial charge is 0.265 e. The molecule has 1 aromatic rings. The number of aromatic nitrogens is 2. The van der Waals surface area contributed by atoms with Gasteiger partial charge >= 0.3 is 0 Å². The fourth-order valence-corrected chi connectivity index (χ4v) is 0.928. The lowest BCUT2D eigenvalue weighted by molar-refractivity contribution is 0.366. The maximum absolute atomic E-state index is 11.2. The van der Waals surface area contributed by atoms with Crippen molar-refractivity contribution in [1.82, 2.24) is 14.7 Å². The molecule has 0 saturated carbocycles.